The first-order valence-electron chi connectivity index (χ1n) is 6.79. The molecule has 17 heavy (non-hydrogen) atoms. The minimum absolute atomic E-state index is 0. The third-order valence-electron chi connectivity index (χ3n) is 3.94. The van der Waals surface area contributed by atoms with Crippen molar-refractivity contribution in [1.82, 2.24) is 10.2 Å². The van der Waals surface area contributed by atoms with Crippen molar-refractivity contribution in [3.63, 3.8) is 0 Å². The Balaban J connectivity index is 0.00000144. The van der Waals surface area contributed by atoms with Gasteiger partial charge in [-0.3, -0.25) is 4.79 Å². The Hall–Kier alpha value is -0.280. The van der Waals surface area contributed by atoms with Gasteiger partial charge in [-0.1, -0.05) is 13.3 Å². The van der Waals surface area contributed by atoms with Crippen LogP contribution in [-0.4, -0.2) is 36.5 Å². The number of rotatable bonds is 1. The fraction of sp³-hybridized carbons (Fsp3) is 0.923. The summed E-state index contributed by atoms with van der Waals surface area (Å²) in [5.41, 5.74) is 0. The molecule has 2 heterocycles. The van der Waals surface area contributed by atoms with E-state index >= 15 is 0 Å². The quantitative estimate of drug-likeness (QED) is 0.784. The standard InChI is InChI=1S/C13H24N2O.ClH/c1-11-5-4-9-15(10-7-11)13(16)12-6-2-3-8-14-12;/h11-12,14H,2-10H2,1H3;1H/t11?,12-;/m1./s1. The molecule has 2 atom stereocenters. The van der Waals surface area contributed by atoms with Gasteiger partial charge in [-0.25, -0.2) is 0 Å². The van der Waals surface area contributed by atoms with Gasteiger partial charge in [0, 0.05) is 13.1 Å². The lowest BCUT2D eigenvalue weighted by atomic mass is 10.0. The first kappa shape index (κ1) is 14.8. The summed E-state index contributed by atoms with van der Waals surface area (Å²) in [6.45, 7) is 5.26. The topological polar surface area (TPSA) is 32.3 Å². The molecule has 0 bridgehead atoms. The van der Waals surface area contributed by atoms with E-state index in [1.807, 2.05) is 0 Å². The number of carbonyl (C=O) groups excluding carboxylic acids is 1. The second-order valence-corrected chi connectivity index (χ2v) is 5.36. The maximum Gasteiger partial charge on any atom is 0.239 e. The van der Waals surface area contributed by atoms with Gasteiger partial charge < -0.3 is 10.2 Å². The molecular weight excluding hydrogens is 236 g/mol. The predicted molar refractivity (Wildman–Crippen MR) is 72.5 cm³/mol. The summed E-state index contributed by atoms with van der Waals surface area (Å²) in [7, 11) is 0. The van der Waals surface area contributed by atoms with Crippen molar-refractivity contribution in [2.24, 2.45) is 5.92 Å². The monoisotopic (exact) mass is 260 g/mol. The van der Waals surface area contributed by atoms with Crippen LogP contribution in [-0.2, 0) is 4.79 Å². The zero-order valence-corrected chi connectivity index (χ0v) is 11.6. The lowest BCUT2D eigenvalue weighted by molar-refractivity contribution is -0.134. The molecule has 4 heteroatoms. The highest BCUT2D eigenvalue weighted by molar-refractivity contribution is 5.85. The summed E-state index contributed by atoms with van der Waals surface area (Å²) >= 11 is 0. The Labute approximate surface area is 111 Å². The number of hydrogen-bond acceptors (Lipinski definition) is 2. The molecule has 2 aliphatic rings. The lowest BCUT2D eigenvalue weighted by Gasteiger charge is -2.29. The predicted octanol–water partition coefficient (Wildman–Crippen LogP) is 2.20. The van der Waals surface area contributed by atoms with Crippen molar-refractivity contribution >= 4 is 18.3 Å². The van der Waals surface area contributed by atoms with Gasteiger partial charge >= 0.3 is 0 Å². The molecule has 0 radical (unpaired) electrons. The highest BCUT2D eigenvalue weighted by Gasteiger charge is 2.26. The van der Waals surface area contributed by atoms with E-state index in [0.717, 1.165) is 32.0 Å². The van der Waals surface area contributed by atoms with E-state index in [-0.39, 0.29) is 18.4 Å². The molecule has 0 aliphatic carbocycles. The number of halogens is 1. The zero-order chi connectivity index (χ0) is 11.4. The Morgan fingerprint density at radius 2 is 1.94 bits per heavy atom. The van der Waals surface area contributed by atoms with Crippen LogP contribution in [0.4, 0.5) is 0 Å². The second kappa shape index (κ2) is 7.22. The minimum atomic E-state index is 0. The largest absolute Gasteiger partial charge is 0.341 e. The number of likely N-dealkylation sites (tertiary alicyclic amines) is 1. The average molecular weight is 261 g/mol. The summed E-state index contributed by atoms with van der Waals surface area (Å²) in [5, 5.41) is 3.36. The molecule has 0 aromatic rings. The van der Waals surface area contributed by atoms with Crippen molar-refractivity contribution in [2.75, 3.05) is 19.6 Å². The van der Waals surface area contributed by atoms with Gasteiger partial charge in [0.2, 0.25) is 5.91 Å². The van der Waals surface area contributed by atoms with Crippen molar-refractivity contribution in [1.29, 1.82) is 0 Å². The molecule has 0 saturated carbocycles. The Bertz CT molecular complexity index is 242. The fourth-order valence-electron chi connectivity index (χ4n) is 2.77. The normalized spacial score (nSPS) is 30.3. The summed E-state index contributed by atoms with van der Waals surface area (Å²) < 4.78 is 0. The maximum absolute atomic E-state index is 12.3. The van der Waals surface area contributed by atoms with Crippen LogP contribution < -0.4 is 5.32 Å². The molecule has 0 aromatic heterocycles. The van der Waals surface area contributed by atoms with Crippen LogP contribution in [0.15, 0.2) is 0 Å². The van der Waals surface area contributed by atoms with E-state index < -0.39 is 0 Å². The first-order valence-corrected chi connectivity index (χ1v) is 6.79. The second-order valence-electron chi connectivity index (χ2n) is 5.36. The average Bonchev–Trinajstić information content (AvgIpc) is 2.54. The van der Waals surface area contributed by atoms with Crippen molar-refractivity contribution < 1.29 is 4.79 Å². The highest BCUT2D eigenvalue weighted by atomic mass is 35.5. The molecule has 1 amide bonds. The molecule has 3 nitrogen and oxygen atoms in total. The molecule has 1 N–H and O–H groups in total. The van der Waals surface area contributed by atoms with Gasteiger partial charge in [0.25, 0.3) is 0 Å². The van der Waals surface area contributed by atoms with Crippen LogP contribution in [0.2, 0.25) is 0 Å². The smallest absolute Gasteiger partial charge is 0.239 e. The molecule has 2 saturated heterocycles. The SMILES string of the molecule is CC1CCCN(C(=O)[C@H]2CCCCN2)CC1.Cl. The van der Waals surface area contributed by atoms with Crippen LogP contribution in [0, 0.1) is 5.92 Å². The molecular formula is C13H25ClN2O. The lowest BCUT2D eigenvalue weighted by Crippen LogP contribution is -2.48. The van der Waals surface area contributed by atoms with E-state index in [9.17, 15) is 4.79 Å². The van der Waals surface area contributed by atoms with Gasteiger partial charge in [-0.2, -0.15) is 0 Å². The number of amides is 1. The molecule has 2 fully saturated rings. The summed E-state index contributed by atoms with van der Waals surface area (Å²) in [4.78, 5) is 14.4. The van der Waals surface area contributed by atoms with E-state index in [0.29, 0.717) is 5.91 Å². The number of nitrogens with zero attached hydrogens (tertiary/aromatic N) is 1. The Morgan fingerprint density at radius 1 is 1.12 bits per heavy atom. The number of carbonyl (C=O) groups is 1. The minimum Gasteiger partial charge on any atom is -0.341 e. The molecule has 100 valence electrons. The van der Waals surface area contributed by atoms with E-state index in [2.05, 4.69) is 17.1 Å². The van der Waals surface area contributed by atoms with Crippen molar-refractivity contribution in [3.8, 4) is 0 Å². The molecule has 2 aliphatic heterocycles. The number of nitrogens with one attached hydrogen (secondary N) is 1. The Morgan fingerprint density at radius 3 is 2.65 bits per heavy atom. The van der Waals surface area contributed by atoms with Crippen molar-refractivity contribution in [3.05, 3.63) is 0 Å². The van der Waals surface area contributed by atoms with E-state index in [1.165, 1.54) is 32.1 Å². The molecule has 1 unspecified atom stereocenters. The molecule has 2 rings (SSSR count). The number of piperidine rings is 1. The van der Waals surface area contributed by atoms with Crippen molar-refractivity contribution in [2.45, 2.75) is 51.5 Å². The first-order chi connectivity index (χ1) is 7.77. The third-order valence-corrected chi connectivity index (χ3v) is 3.94. The van der Waals surface area contributed by atoms with Crippen LogP contribution in [0.3, 0.4) is 0 Å². The van der Waals surface area contributed by atoms with Crippen LogP contribution in [0.25, 0.3) is 0 Å². The van der Waals surface area contributed by atoms with Crippen LogP contribution >= 0.6 is 12.4 Å². The molecule has 0 aromatic carbocycles. The summed E-state index contributed by atoms with van der Waals surface area (Å²) in [6, 6.07) is 0.113. The summed E-state index contributed by atoms with van der Waals surface area (Å²) in [6.07, 6.45) is 7.10. The Kier molecular flexibility index (Phi) is 6.28. The van der Waals surface area contributed by atoms with Crippen LogP contribution in [0.5, 0.6) is 0 Å². The van der Waals surface area contributed by atoms with Gasteiger partial charge in [0.05, 0.1) is 6.04 Å². The number of hydrogen-bond donors (Lipinski definition) is 1. The van der Waals surface area contributed by atoms with E-state index in [4.69, 9.17) is 0 Å². The summed E-state index contributed by atoms with van der Waals surface area (Å²) in [5.74, 6) is 1.14. The van der Waals surface area contributed by atoms with Gasteiger partial charge in [-0.05, 0) is 44.6 Å². The zero-order valence-electron chi connectivity index (χ0n) is 10.8. The van der Waals surface area contributed by atoms with Gasteiger partial charge in [0.15, 0.2) is 0 Å². The molecule has 0 spiro atoms. The highest BCUT2D eigenvalue weighted by Crippen LogP contribution is 2.18. The van der Waals surface area contributed by atoms with E-state index in [1.54, 1.807) is 0 Å². The van der Waals surface area contributed by atoms with Crippen LogP contribution in [0.1, 0.15) is 45.4 Å². The third kappa shape index (κ3) is 4.14. The van der Waals surface area contributed by atoms with Gasteiger partial charge in [0.1, 0.15) is 0 Å². The maximum atomic E-state index is 12.3. The van der Waals surface area contributed by atoms with Gasteiger partial charge in [-0.15, -0.1) is 12.4 Å². The fourth-order valence-corrected chi connectivity index (χ4v) is 2.77.